The Labute approximate surface area is 200 Å². The maximum Gasteiger partial charge on any atom is 0.264 e. The molecule has 1 unspecified atom stereocenters. The van der Waals surface area contributed by atoms with E-state index >= 15 is 0 Å². The number of ether oxygens (including phenoxy) is 1. The molecule has 10 heteroatoms. The summed E-state index contributed by atoms with van der Waals surface area (Å²) < 4.78 is 56.3. The number of nitrogens with one attached hydrogen (secondary N) is 1. The van der Waals surface area contributed by atoms with Crippen LogP contribution in [0.1, 0.15) is 18.5 Å². The standard InChI is InChI=1S/C24H26N2O6S2/c1-18(19-9-13-22(14-10-19)33(3,28)29)25-24(27)17-26(20-7-5-4-6-8-20)34(30,31)23-15-11-21(32-2)12-16-23/h4-16,18H,17H2,1-3H3,(H,25,27). The highest BCUT2D eigenvalue weighted by molar-refractivity contribution is 7.93. The van der Waals surface area contributed by atoms with Crippen LogP contribution in [0.25, 0.3) is 0 Å². The van der Waals surface area contributed by atoms with E-state index in [0.29, 0.717) is 17.0 Å². The quantitative estimate of drug-likeness (QED) is 0.481. The van der Waals surface area contributed by atoms with Crippen LogP contribution in [0.15, 0.2) is 88.7 Å². The molecule has 1 amide bonds. The molecule has 180 valence electrons. The Kier molecular flexibility index (Phi) is 7.63. The lowest BCUT2D eigenvalue weighted by Gasteiger charge is -2.25. The van der Waals surface area contributed by atoms with Gasteiger partial charge in [-0.05, 0) is 61.0 Å². The van der Waals surface area contributed by atoms with E-state index in [9.17, 15) is 21.6 Å². The van der Waals surface area contributed by atoms with Gasteiger partial charge in [0.1, 0.15) is 12.3 Å². The Balaban J connectivity index is 1.83. The zero-order valence-corrected chi connectivity index (χ0v) is 20.6. The second kappa shape index (κ2) is 10.3. The van der Waals surface area contributed by atoms with Gasteiger partial charge in [-0.1, -0.05) is 30.3 Å². The number of carbonyl (C=O) groups excluding carboxylic acids is 1. The molecule has 0 fully saturated rings. The lowest BCUT2D eigenvalue weighted by molar-refractivity contribution is -0.120. The molecule has 3 aromatic rings. The summed E-state index contributed by atoms with van der Waals surface area (Å²) in [5.41, 5.74) is 1.03. The Bertz CT molecular complexity index is 1340. The maximum absolute atomic E-state index is 13.4. The van der Waals surface area contributed by atoms with Gasteiger partial charge in [0.15, 0.2) is 9.84 Å². The molecule has 0 bridgehead atoms. The number of sulfonamides is 1. The van der Waals surface area contributed by atoms with E-state index in [1.54, 1.807) is 61.5 Å². The van der Waals surface area contributed by atoms with E-state index in [0.717, 1.165) is 10.6 Å². The average Bonchev–Trinajstić information content (AvgIpc) is 2.82. The number of hydrogen-bond acceptors (Lipinski definition) is 6. The zero-order chi connectivity index (χ0) is 24.9. The van der Waals surface area contributed by atoms with Gasteiger partial charge in [-0.3, -0.25) is 9.10 Å². The fourth-order valence-electron chi connectivity index (χ4n) is 3.29. The minimum atomic E-state index is -4.05. The number of benzene rings is 3. The number of anilines is 1. The van der Waals surface area contributed by atoms with E-state index in [1.165, 1.54) is 31.4 Å². The van der Waals surface area contributed by atoms with Crippen molar-refractivity contribution in [3.63, 3.8) is 0 Å². The summed E-state index contributed by atoms with van der Waals surface area (Å²) >= 11 is 0. The molecule has 0 saturated carbocycles. The van der Waals surface area contributed by atoms with Crippen LogP contribution in [0.3, 0.4) is 0 Å². The molecule has 0 heterocycles. The Morgan fingerprint density at radius 2 is 1.44 bits per heavy atom. The van der Waals surface area contributed by atoms with Gasteiger partial charge in [-0.15, -0.1) is 0 Å². The Morgan fingerprint density at radius 3 is 1.97 bits per heavy atom. The van der Waals surface area contributed by atoms with Gasteiger partial charge < -0.3 is 10.1 Å². The highest BCUT2D eigenvalue weighted by Gasteiger charge is 2.27. The molecule has 0 saturated heterocycles. The predicted molar refractivity (Wildman–Crippen MR) is 130 cm³/mol. The third-order valence-electron chi connectivity index (χ3n) is 5.16. The van der Waals surface area contributed by atoms with Crippen molar-refractivity contribution in [3.05, 3.63) is 84.4 Å². The van der Waals surface area contributed by atoms with Crippen molar-refractivity contribution in [3.8, 4) is 5.75 Å². The van der Waals surface area contributed by atoms with Crippen molar-refractivity contribution >= 4 is 31.5 Å². The minimum Gasteiger partial charge on any atom is -0.497 e. The van der Waals surface area contributed by atoms with E-state index in [-0.39, 0.29) is 9.79 Å². The molecule has 1 atom stereocenters. The molecule has 34 heavy (non-hydrogen) atoms. The first-order chi connectivity index (χ1) is 16.0. The molecule has 0 aliphatic rings. The summed E-state index contributed by atoms with van der Waals surface area (Å²) in [6.45, 7) is 1.29. The fourth-order valence-corrected chi connectivity index (χ4v) is 5.34. The molecular weight excluding hydrogens is 476 g/mol. The number of methoxy groups -OCH3 is 1. The van der Waals surface area contributed by atoms with Crippen LogP contribution in [-0.2, 0) is 24.7 Å². The van der Waals surface area contributed by atoms with Crippen molar-refractivity contribution in [2.24, 2.45) is 0 Å². The molecule has 3 rings (SSSR count). The van der Waals surface area contributed by atoms with Crippen LogP contribution < -0.4 is 14.4 Å². The summed E-state index contributed by atoms with van der Waals surface area (Å²) in [4.78, 5) is 13.1. The van der Waals surface area contributed by atoms with Crippen molar-refractivity contribution in [2.75, 3.05) is 24.2 Å². The van der Waals surface area contributed by atoms with Gasteiger partial charge in [0.2, 0.25) is 5.91 Å². The van der Waals surface area contributed by atoms with Crippen LogP contribution in [0.2, 0.25) is 0 Å². The summed E-state index contributed by atoms with van der Waals surface area (Å²) in [5.74, 6) is -0.000648. The first-order valence-corrected chi connectivity index (χ1v) is 13.7. The van der Waals surface area contributed by atoms with E-state index in [2.05, 4.69) is 5.32 Å². The van der Waals surface area contributed by atoms with Crippen LogP contribution in [0, 0.1) is 0 Å². The van der Waals surface area contributed by atoms with Gasteiger partial charge in [0.05, 0.1) is 28.6 Å². The number of amides is 1. The van der Waals surface area contributed by atoms with Crippen molar-refractivity contribution in [1.82, 2.24) is 5.32 Å². The number of hydrogen-bond donors (Lipinski definition) is 1. The van der Waals surface area contributed by atoms with Crippen molar-refractivity contribution in [2.45, 2.75) is 22.8 Å². The highest BCUT2D eigenvalue weighted by Crippen LogP contribution is 2.25. The SMILES string of the molecule is COc1ccc(S(=O)(=O)N(CC(=O)NC(C)c2ccc(S(C)(=O)=O)cc2)c2ccccc2)cc1. The molecule has 0 spiro atoms. The van der Waals surface area contributed by atoms with Crippen LogP contribution >= 0.6 is 0 Å². The predicted octanol–water partition coefficient (Wildman–Crippen LogP) is 3.17. The highest BCUT2D eigenvalue weighted by atomic mass is 32.2. The molecule has 3 aromatic carbocycles. The summed E-state index contributed by atoms with van der Waals surface area (Å²) in [6.07, 6.45) is 1.12. The van der Waals surface area contributed by atoms with Crippen LogP contribution in [0.5, 0.6) is 5.75 Å². The summed E-state index contributed by atoms with van der Waals surface area (Å²) in [5, 5.41) is 2.78. The Hall–Kier alpha value is -3.37. The first-order valence-electron chi connectivity index (χ1n) is 10.3. The molecule has 0 radical (unpaired) electrons. The maximum atomic E-state index is 13.4. The second-order valence-electron chi connectivity index (χ2n) is 7.65. The topological polar surface area (TPSA) is 110 Å². The molecule has 0 aromatic heterocycles. The minimum absolute atomic E-state index is 0.0226. The summed E-state index contributed by atoms with van der Waals surface area (Å²) in [6, 6.07) is 20.0. The Morgan fingerprint density at radius 1 is 0.882 bits per heavy atom. The zero-order valence-electron chi connectivity index (χ0n) is 19.0. The third-order valence-corrected chi connectivity index (χ3v) is 8.08. The van der Waals surface area contributed by atoms with Crippen LogP contribution in [0.4, 0.5) is 5.69 Å². The van der Waals surface area contributed by atoms with E-state index in [1.807, 2.05) is 0 Å². The van der Waals surface area contributed by atoms with E-state index in [4.69, 9.17) is 4.74 Å². The number of rotatable bonds is 9. The van der Waals surface area contributed by atoms with Gasteiger partial charge in [0.25, 0.3) is 10.0 Å². The average molecular weight is 503 g/mol. The third kappa shape index (κ3) is 5.95. The fraction of sp³-hybridized carbons (Fsp3) is 0.208. The van der Waals surface area contributed by atoms with Gasteiger partial charge in [-0.25, -0.2) is 16.8 Å². The number of nitrogens with zero attached hydrogens (tertiary/aromatic N) is 1. The lowest BCUT2D eigenvalue weighted by Crippen LogP contribution is -2.41. The van der Waals surface area contributed by atoms with E-state index < -0.39 is 38.4 Å². The van der Waals surface area contributed by atoms with Crippen LogP contribution in [-0.4, -0.2) is 42.7 Å². The largest absolute Gasteiger partial charge is 0.497 e. The monoisotopic (exact) mass is 502 g/mol. The number of sulfone groups is 1. The van der Waals surface area contributed by atoms with Crippen molar-refractivity contribution in [1.29, 1.82) is 0 Å². The number of para-hydroxylation sites is 1. The second-order valence-corrected chi connectivity index (χ2v) is 11.5. The molecule has 0 aliphatic carbocycles. The molecule has 0 aliphatic heterocycles. The molecule has 8 nitrogen and oxygen atoms in total. The van der Waals surface area contributed by atoms with Gasteiger partial charge >= 0.3 is 0 Å². The van der Waals surface area contributed by atoms with Crippen molar-refractivity contribution < 1.29 is 26.4 Å². The smallest absolute Gasteiger partial charge is 0.264 e. The van der Waals surface area contributed by atoms with Gasteiger partial charge in [-0.2, -0.15) is 0 Å². The number of carbonyl (C=O) groups is 1. The summed E-state index contributed by atoms with van der Waals surface area (Å²) in [7, 11) is -5.89. The first kappa shape index (κ1) is 25.3. The molecule has 1 N–H and O–H groups in total. The van der Waals surface area contributed by atoms with Gasteiger partial charge in [0, 0.05) is 6.26 Å². The molecular formula is C24H26N2O6S2. The normalized spacial score (nSPS) is 12.6. The lowest BCUT2D eigenvalue weighted by atomic mass is 10.1.